The highest BCUT2D eigenvalue weighted by atomic mass is 16.7. The van der Waals surface area contributed by atoms with Crippen molar-refractivity contribution in [3.63, 3.8) is 0 Å². The van der Waals surface area contributed by atoms with Crippen molar-refractivity contribution in [3.05, 3.63) is 53.2 Å². The maximum absolute atomic E-state index is 5.50. The third-order valence-electron chi connectivity index (χ3n) is 6.04. The minimum absolute atomic E-state index is 0.319. The summed E-state index contributed by atoms with van der Waals surface area (Å²) in [6.07, 6.45) is 2.40. The molecule has 5 rings (SSSR count). The van der Waals surface area contributed by atoms with Gasteiger partial charge in [0, 0.05) is 47.5 Å². The molecule has 3 heterocycles. The molecule has 0 aliphatic carbocycles. The molecule has 0 radical (unpaired) electrons. The van der Waals surface area contributed by atoms with Crippen LogP contribution in [0.15, 0.2) is 36.4 Å². The largest absolute Gasteiger partial charge is 0.454 e. The Balaban J connectivity index is 1.28. The summed E-state index contributed by atoms with van der Waals surface area (Å²) < 4.78 is 10.9. The number of H-pyrrole nitrogens is 1. The summed E-state index contributed by atoms with van der Waals surface area (Å²) in [4.78, 5) is 6.24. The summed E-state index contributed by atoms with van der Waals surface area (Å²) >= 11 is 0. The fourth-order valence-electron chi connectivity index (χ4n) is 4.47. The van der Waals surface area contributed by atoms with Crippen molar-refractivity contribution in [1.29, 1.82) is 0 Å². The quantitative estimate of drug-likeness (QED) is 0.698. The van der Waals surface area contributed by atoms with E-state index >= 15 is 0 Å². The van der Waals surface area contributed by atoms with Gasteiger partial charge in [-0.05, 0) is 56.5 Å². The van der Waals surface area contributed by atoms with E-state index in [2.05, 4.69) is 53.3 Å². The number of aromatic nitrogens is 1. The van der Waals surface area contributed by atoms with Gasteiger partial charge in [-0.2, -0.15) is 0 Å². The van der Waals surface area contributed by atoms with E-state index < -0.39 is 0 Å². The Morgan fingerprint density at radius 1 is 1.14 bits per heavy atom. The van der Waals surface area contributed by atoms with Crippen molar-refractivity contribution in [1.82, 2.24) is 9.88 Å². The third-order valence-corrected chi connectivity index (χ3v) is 6.04. The number of piperidine rings is 1. The lowest BCUT2D eigenvalue weighted by Crippen LogP contribution is -2.41. The first-order chi connectivity index (χ1) is 13.7. The number of likely N-dealkylation sites (tertiary alicyclic amines) is 1. The Labute approximate surface area is 165 Å². The van der Waals surface area contributed by atoms with Crippen molar-refractivity contribution in [2.75, 3.05) is 25.2 Å². The molecule has 28 heavy (non-hydrogen) atoms. The number of ether oxygens (including phenoxy) is 2. The van der Waals surface area contributed by atoms with Gasteiger partial charge in [0.05, 0.1) is 0 Å². The van der Waals surface area contributed by atoms with E-state index in [-0.39, 0.29) is 0 Å². The lowest BCUT2D eigenvalue weighted by Gasteiger charge is -2.33. The van der Waals surface area contributed by atoms with E-state index in [1.807, 2.05) is 12.1 Å². The van der Waals surface area contributed by atoms with Crippen LogP contribution in [0.4, 0.5) is 5.69 Å². The zero-order chi connectivity index (χ0) is 19.1. The van der Waals surface area contributed by atoms with Gasteiger partial charge in [-0.15, -0.1) is 0 Å². The van der Waals surface area contributed by atoms with Gasteiger partial charge < -0.3 is 19.8 Å². The second-order valence-corrected chi connectivity index (χ2v) is 8.01. The Morgan fingerprint density at radius 2 is 2.04 bits per heavy atom. The molecule has 1 aromatic heterocycles. The molecule has 2 aliphatic heterocycles. The molecule has 2 N–H and O–H groups in total. The van der Waals surface area contributed by atoms with Gasteiger partial charge in [-0.3, -0.25) is 4.90 Å². The van der Waals surface area contributed by atoms with Crippen molar-refractivity contribution in [3.8, 4) is 11.5 Å². The smallest absolute Gasteiger partial charge is 0.231 e. The molecule has 1 unspecified atom stereocenters. The average molecular weight is 377 g/mol. The lowest BCUT2D eigenvalue weighted by atomic mass is 10.0. The number of aryl methyl sites for hydroxylation is 2. The third kappa shape index (κ3) is 3.20. The van der Waals surface area contributed by atoms with Crippen molar-refractivity contribution >= 4 is 16.6 Å². The molecule has 146 valence electrons. The zero-order valence-corrected chi connectivity index (χ0v) is 16.5. The summed E-state index contributed by atoms with van der Waals surface area (Å²) in [5, 5.41) is 5.04. The van der Waals surface area contributed by atoms with Crippen molar-refractivity contribution in [2.45, 2.75) is 39.3 Å². The minimum atomic E-state index is 0.319. The highest BCUT2D eigenvalue weighted by Gasteiger charge is 2.22. The van der Waals surface area contributed by atoms with E-state index in [0.717, 1.165) is 36.8 Å². The highest BCUT2D eigenvalue weighted by Crippen LogP contribution is 2.35. The first kappa shape index (κ1) is 17.4. The average Bonchev–Trinajstić information content (AvgIpc) is 3.28. The number of benzene rings is 2. The molecular formula is C23H27N3O2. The molecule has 0 saturated carbocycles. The van der Waals surface area contributed by atoms with Crippen LogP contribution in [0.2, 0.25) is 0 Å². The molecule has 0 amide bonds. The molecule has 1 atom stereocenters. The van der Waals surface area contributed by atoms with E-state index in [1.165, 1.54) is 40.6 Å². The van der Waals surface area contributed by atoms with Crippen molar-refractivity contribution in [2.24, 2.45) is 0 Å². The maximum Gasteiger partial charge on any atom is 0.231 e. The molecule has 5 nitrogen and oxygen atoms in total. The number of fused-ring (bicyclic) bond motifs is 2. The van der Waals surface area contributed by atoms with Crippen LogP contribution in [-0.2, 0) is 6.54 Å². The molecular weight excluding hydrogens is 350 g/mol. The van der Waals surface area contributed by atoms with Crippen LogP contribution in [0.5, 0.6) is 11.5 Å². The van der Waals surface area contributed by atoms with Crippen LogP contribution in [0.25, 0.3) is 10.9 Å². The molecule has 2 aromatic carbocycles. The van der Waals surface area contributed by atoms with Gasteiger partial charge in [-0.1, -0.05) is 18.2 Å². The minimum Gasteiger partial charge on any atom is -0.454 e. The van der Waals surface area contributed by atoms with Gasteiger partial charge in [0.25, 0.3) is 0 Å². The predicted molar refractivity (Wildman–Crippen MR) is 112 cm³/mol. The first-order valence-electron chi connectivity index (χ1n) is 10.1. The summed E-state index contributed by atoms with van der Waals surface area (Å²) in [6.45, 7) is 7.89. The van der Waals surface area contributed by atoms with Crippen LogP contribution in [0, 0.1) is 13.8 Å². The summed E-state index contributed by atoms with van der Waals surface area (Å²) in [5.74, 6) is 1.67. The molecule has 1 fully saturated rings. The highest BCUT2D eigenvalue weighted by molar-refractivity contribution is 5.86. The number of anilines is 1. The normalized spacial score (nSPS) is 19.3. The molecule has 2 aliphatic rings. The zero-order valence-electron chi connectivity index (χ0n) is 16.5. The number of rotatable bonds is 4. The van der Waals surface area contributed by atoms with Crippen LogP contribution in [0.3, 0.4) is 0 Å². The van der Waals surface area contributed by atoms with Gasteiger partial charge in [-0.25, -0.2) is 0 Å². The molecule has 3 aromatic rings. The van der Waals surface area contributed by atoms with Gasteiger partial charge >= 0.3 is 0 Å². The maximum atomic E-state index is 5.50. The number of hydrogen-bond acceptors (Lipinski definition) is 4. The van der Waals surface area contributed by atoms with E-state index in [4.69, 9.17) is 9.47 Å². The molecule has 5 heteroatoms. The van der Waals surface area contributed by atoms with Gasteiger partial charge in [0.2, 0.25) is 6.79 Å². The van der Waals surface area contributed by atoms with E-state index in [1.54, 1.807) is 0 Å². The predicted octanol–water partition coefficient (Wildman–Crippen LogP) is 4.59. The summed E-state index contributed by atoms with van der Waals surface area (Å²) in [7, 11) is 0. The SMILES string of the molecule is Cc1c(CN2CCCC(Nc3ccc4c(c3)OCO4)C2)[nH]c2c(C)cccc12. The fourth-order valence-corrected chi connectivity index (χ4v) is 4.47. The fraction of sp³-hybridized carbons (Fsp3) is 0.391. The van der Waals surface area contributed by atoms with Gasteiger partial charge in [0.15, 0.2) is 11.5 Å². The monoisotopic (exact) mass is 377 g/mol. The second kappa shape index (κ2) is 7.06. The van der Waals surface area contributed by atoms with Crippen molar-refractivity contribution < 1.29 is 9.47 Å². The number of para-hydroxylation sites is 1. The van der Waals surface area contributed by atoms with Gasteiger partial charge in [0.1, 0.15) is 0 Å². The number of aromatic amines is 1. The number of hydrogen-bond donors (Lipinski definition) is 2. The van der Waals surface area contributed by atoms with Crippen LogP contribution in [0.1, 0.15) is 29.7 Å². The summed E-state index contributed by atoms with van der Waals surface area (Å²) in [6, 6.07) is 13.1. The van der Waals surface area contributed by atoms with Crippen LogP contribution >= 0.6 is 0 Å². The molecule has 0 bridgehead atoms. The summed E-state index contributed by atoms with van der Waals surface area (Å²) in [5.41, 5.74) is 6.42. The Bertz CT molecular complexity index is 1010. The topological polar surface area (TPSA) is 49.5 Å². The molecule has 0 spiro atoms. The lowest BCUT2D eigenvalue weighted by molar-refractivity contribution is 0.174. The van der Waals surface area contributed by atoms with E-state index in [9.17, 15) is 0 Å². The Hall–Kier alpha value is -2.66. The Morgan fingerprint density at radius 3 is 2.93 bits per heavy atom. The van der Waals surface area contributed by atoms with Crippen LogP contribution in [-0.4, -0.2) is 35.8 Å². The second-order valence-electron chi connectivity index (χ2n) is 8.01. The number of nitrogens with one attached hydrogen (secondary N) is 2. The Kier molecular flexibility index (Phi) is 4.40. The number of nitrogens with zero attached hydrogens (tertiary/aromatic N) is 1. The van der Waals surface area contributed by atoms with Crippen LogP contribution < -0.4 is 14.8 Å². The van der Waals surface area contributed by atoms with E-state index in [0.29, 0.717) is 12.8 Å². The first-order valence-corrected chi connectivity index (χ1v) is 10.1. The standard InChI is InChI=1S/C23H27N3O2/c1-15-5-3-7-19-16(2)20(25-23(15)19)13-26-10-4-6-18(12-26)24-17-8-9-21-22(11-17)28-14-27-21/h3,5,7-9,11,18,24-25H,4,6,10,12-14H2,1-2H3. The molecule has 1 saturated heterocycles.